The van der Waals surface area contributed by atoms with Crippen LogP contribution >= 0.6 is 27.3 Å². The Bertz CT molecular complexity index is 1070. The summed E-state index contributed by atoms with van der Waals surface area (Å²) in [4.78, 5) is 21.2. The van der Waals surface area contributed by atoms with Crippen LogP contribution in [0.1, 0.15) is 54.0 Å². The average Bonchev–Trinajstić information content (AvgIpc) is 3.30. The maximum Gasteiger partial charge on any atom is 0.248 e. The molecule has 168 valence electrons. The maximum absolute atomic E-state index is 11.3. The zero-order valence-electron chi connectivity index (χ0n) is 18.7. The second-order valence-corrected chi connectivity index (χ2v) is 10.6. The number of rotatable bonds is 6. The van der Waals surface area contributed by atoms with E-state index in [-0.39, 0.29) is 11.3 Å². The van der Waals surface area contributed by atoms with E-state index in [1.54, 1.807) is 11.3 Å². The van der Waals surface area contributed by atoms with E-state index in [9.17, 15) is 4.79 Å². The molecular formula is C25H29BrN4OS. The van der Waals surface area contributed by atoms with Gasteiger partial charge in [-0.25, -0.2) is 4.98 Å². The molecule has 2 N–H and O–H groups in total. The first kappa shape index (κ1) is 23.0. The van der Waals surface area contributed by atoms with Crippen molar-refractivity contribution in [3.8, 4) is 0 Å². The summed E-state index contributed by atoms with van der Waals surface area (Å²) in [6.45, 7) is 10.5. The van der Waals surface area contributed by atoms with Gasteiger partial charge in [-0.15, -0.1) is 11.3 Å². The van der Waals surface area contributed by atoms with Crippen LogP contribution in [0, 0.1) is 0 Å². The van der Waals surface area contributed by atoms with Gasteiger partial charge in [-0.3, -0.25) is 9.69 Å². The number of carbonyl (C=O) groups excluding carboxylic acids is 1. The van der Waals surface area contributed by atoms with Gasteiger partial charge >= 0.3 is 0 Å². The summed E-state index contributed by atoms with van der Waals surface area (Å²) in [5.41, 5.74) is 9.36. The third-order valence-electron chi connectivity index (χ3n) is 6.51. The summed E-state index contributed by atoms with van der Waals surface area (Å²) < 4.78 is 1.09. The lowest BCUT2D eigenvalue weighted by Gasteiger charge is -2.38. The molecule has 1 fully saturated rings. The summed E-state index contributed by atoms with van der Waals surface area (Å²) in [5, 5.41) is 3.30. The standard InChI is InChI=1S/C25H29BrN4OS/c1-17(18-4-6-19(7-5-18)23(27)31)29-12-14-30(15-13-29)24-28-22(16-32-24)25(2,3)20-8-10-21(26)11-9-20/h4-11,16-17H,12-15H2,1-3H3,(H2,27,31). The minimum atomic E-state index is -0.385. The highest BCUT2D eigenvalue weighted by Gasteiger charge is 2.28. The molecule has 0 bridgehead atoms. The molecule has 0 saturated carbocycles. The molecule has 2 aromatic carbocycles. The highest BCUT2D eigenvalue weighted by molar-refractivity contribution is 9.10. The molecule has 0 radical (unpaired) electrons. The number of nitrogens with zero attached hydrogens (tertiary/aromatic N) is 3. The van der Waals surface area contributed by atoms with Crippen LogP contribution in [0.15, 0.2) is 58.4 Å². The molecule has 7 heteroatoms. The number of amides is 1. The third kappa shape index (κ3) is 4.75. The molecule has 4 rings (SSSR count). The molecule has 0 spiro atoms. The summed E-state index contributed by atoms with van der Waals surface area (Å²) in [5.74, 6) is -0.385. The number of thiazole rings is 1. The highest BCUT2D eigenvalue weighted by atomic mass is 79.9. The van der Waals surface area contributed by atoms with E-state index in [4.69, 9.17) is 10.7 Å². The van der Waals surface area contributed by atoms with E-state index < -0.39 is 0 Å². The fourth-order valence-electron chi connectivity index (χ4n) is 4.15. The number of primary amides is 1. The van der Waals surface area contributed by atoms with Gasteiger partial charge in [0.2, 0.25) is 5.91 Å². The van der Waals surface area contributed by atoms with Crippen molar-refractivity contribution in [1.82, 2.24) is 9.88 Å². The van der Waals surface area contributed by atoms with Gasteiger partial charge in [0.25, 0.3) is 0 Å². The molecule has 1 saturated heterocycles. The Balaban J connectivity index is 1.40. The van der Waals surface area contributed by atoms with E-state index in [0.717, 1.165) is 41.5 Å². The summed E-state index contributed by atoms with van der Waals surface area (Å²) in [6, 6.07) is 16.4. The number of nitrogens with two attached hydrogens (primary N) is 1. The second-order valence-electron chi connectivity index (χ2n) is 8.83. The molecule has 1 unspecified atom stereocenters. The number of carbonyl (C=O) groups is 1. The predicted octanol–water partition coefficient (Wildman–Crippen LogP) is 5.21. The van der Waals surface area contributed by atoms with Crippen molar-refractivity contribution < 1.29 is 4.79 Å². The van der Waals surface area contributed by atoms with Gasteiger partial charge < -0.3 is 10.6 Å². The van der Waals surface area contributed by atoms with Gasteiger partial charge in [0, 0.05) is 53.1 Å². The van der Waals surface area contributed by atoms with Crippen LogP contribution in [0.25, 0.3) is 0 Å². The minimum absolute atomic E-state index is 0.136. The van der Waals surface area contributed by atoms with Crippen molar-refractivity contribution in [2.75, 3.05) is 31.1 Å². The van der Waals surface area contributed by atoms with Crippen molar-refractivity contribution in [2.24, 2.45) is 5.73 Å². The molecule has 1 amide bonds. The van der Waals surface area contributed by atoms with Crippen LogP contribution in [0.4, 0.5) is 5.13 Å². The summed E-state index contributed by atoms with van der Waals surface area (Å²) in [7, 11) is 0. The molecule has 1 atom stereocenters. The molecule has 1 aliphatic rings. The van der Waals surface area contributed by atoms with Crippen molar-refractivity contribution in [3.05, 3.63) is 80.8 Å². The molecule has 1 aliphatic heterocycles. The Labute approximate surface area is 202 Å². The molecule has 32 heavy (non-hydrogen) atoms. The lowest BCUT2D eigenvalue weighted by Crippen LogP contribution is -2.47. The van der Waals surface area contributed by atoms with Gasteiger partial charge in [-0.1, -0.05) is 54.0 Å². The lowest BCUT2D eigenvalue weighted by molar-refractivity contribution is 0.1000. The average molecular weight is 514 g/mol. The van der Waals surface area contributed by atoms with E-state index in [1.165, 1.54) is 11.1 Å². The first-order chi connectivity index (χ1) is 15.3. The van der Waals surface area contributed by atoms with Crippen LogP contribution < -0.4 is 10.6 Å². The van der Waals surface area contributed by atoms with Crippen molar-refractivity contribution in [1.29, 1.82) is 0 Å². The smallest absolute Gasteiger partial charge is 0.248 e. The van der Waals surface area contributed by atoms with Crippen LogP contribution in [0.3, 0.4) is 0 Å². The van der Waals surface area contributed by atoms with E-state index in [1.807, 2.05) is 24.3 Å². The van der Waals surface area contributed by atoms with E-state index in [2.05, 4.69) is 76.1 Å². The van der Waals surface area contributed by atoms with Gasteiger partial charge in [0.15, 0.2) is 5.13 Å². The number of aromatic nitrogens is 1. The largest absolute Gasteiger partial charge is 0.366 e. The Kier molecular flexibility index (Phi) is 6.70. The van der Waals surface area contributed by atoms with Gasteiger partial charge in [-0.05, 0) is 42.3 Å². The van der Waals surface area contributed by atoms with Crippen LogP contribution in [0.5, 0.6) is 0 Å². The van der Waals surface area contributed by atoms with Crippen LogP contribution in [-0.2, 0) is 5.41 Å². The number of hydrogen-bond donors (Lipinski definition) is 1. The molecule has 0 aliphatic carbocycles. The molecule has 5 nitrogen and oxygen atoms in total. The quantitative estimate of drug-likeness (QED) is 0.492. The Hall–Kier alpha value is -2.22. The molecule has 3 aromatic rings. The predicted molar refractivity (Wildman–Crippen MR) is 136 cm³/mol. The molecule has 1 aromatic heterocycles. The first-order valence-corrected chi connectivity index (χ1v) is 12.5. The summed E-state index contributed by atoms with van der Waals surface area (Å²) in [6.07, 6.45) is 0. The van der Waals surface area contributed by atoms with Gasteiger partial charge in [0.05, 0.1) is 5.69 Å². The highest BCUT2D eigenvalue weighted by Crippen LogP contribution is 2.35. The van der Waals surface area contributed by atoms with Crippen molar-refractivity contribution >= 4 is 38.3 Å². The molecule has 2 heterocycles. The lowest BCUT2D eigenvalue weighted by atomic mass is 9.82. The van der Waals surface area contributed by atoms with Crippen molar-refractivity contribution in [2.45, 2.75) is 32.2 Å². The third-order valence-corrected chi connectivity index (χ3v) is 7.94. The van der Waals surface area contributed by atoms with E-state index >= 15 is 0 Å². The number of anilines is 1. The Morgan fingerprint density at radius 1 is 1.06 bits per heavy atom. The number of piperazine rings is 1. The Morgan fingerprint density at radius 2 is 1.69 bits per heavy atom. The fraction of sp³-hybridized carbons (Fsp3) is 0.360. The van der Waals surface area contributed by atoms with Crippen molar-refractivity contribution in [3.63, 3.8) is 0 Å². The molecular weight excluding hydrogens is 484 g/mol. The number of halogens is 1. The fourth-order valence-corrected chi connectivity index (χ4v) is 5.46. The zero-order valence-corrected chi connectivity index (χ0v) is 21.1. The first-order valence-electron chi connectivity index (χ1n) is 10.9. The van der Waals surface area contributed by atoms with Gasteiger partial charge in [-0.2, -0.15) is 0 Å². The normalized spacial score (nSPS) is 16.2. The number of hydrogen-bond acceptors (Lipinski definition) is 5. The van der Waals surface area contributed by atoms with Crippen LogP contribution in [-0.4, -0.2) is 42.0 Å². The monoisotopic (exact) mass is 512 g/mol. The topological polar surface area (TPSA) is 62.5 Å². The SMILES string of the molecule is CC(c1ccc(C(N)=O)cc1)N1CCN(c2nc(C(C)(C)c3ccc(Br)cc3)cs2)CC1. The van der Waals surface area contributed by atoms with Gasteiger partial charge in [0.1, 0.15) is 0 Å². The summed E-state index contributed by atoms with van der Waals surface area (Å²) >= 11 is 5.25. The number of benzene rings is 2. The van der Waals surface area contributed by atoms with Crippen LogP contribution in [0.2, 0.25) is 0 Å². The maximum atomic E-state index is 11.3. The van der Waals surface area contributed by atoms with E-state index in [0.29, 0.717) is 11.6 Å². The minimum Gasteiger partial charge on any atom is -0.366 e. The second kappa shape index (κ2) is 9.33. The Morgan fingerprint density at radius 3 is 2.28 bits per heavy atom. The zero-order chi connectivity index (χ0) is 22.9.